The predicted octanol–water partition coefficient (Wildman–Crippen LogP) is 7.95. The van der Waals surface area contributed by atoms with Gasteiger partial charge < -0.3 is 28.5 Å². The maximum atomic E-state index is 14.0. The summed E-state index contributed by atoms with van der Waals surface area (Å²) in [5.41, 5.74) is 1.31. The lowest BCUT2D eigenvalue weighted by Crippen LogP contribution is -2.54. The molecule has 0 bridgehead atoms. The van der Waals surface area contributed by atoms with Crippen molar-refractivity contribution < 1.29 is 52.5 Å². The summed E-state index contributed by atoms with van der Waals surface area (Å²) in [4.78, 5) is 74.7. The van der Waals surface area contributed by atoms with Crippen molar-refractivity contribution in [2.75, 3.05) is 6.61 Å². The molecule has 4 atom stereocenters. The summed E-state index contributed by atoms with van der Waals surface area (Å²) >= 11 is 0. The van der Waals surface area contributed by atoms with Crippen LogP contribution < -0.4 is 0 Å². The number of oxime groups is 1. The summed E-state index contributed by atoms with van der Waals surface area (Å²) in [6.45, 7) is -0.718. The van der Waals surface area contributed by atoms with E-state index in [1.165, 1.54) is 60.7 Å². The maximum Gasteiger partial charge on any atom is 0.338 e. The summed E-state index contributed by atoms with van der Waals surface area (Å²) in [6, 6.07) is 48.8. The standard InChI is InChI=1S/C48H39NO11/c50-44(35-21-9-2-10-22-35)55-33-41(58-46(52)37-25-13-4-14-26-37)43(60-48(54)39-29-17-6-18-30-39)42(59-47(53)38-27-15-5-16-28-38)40(57-45(51)36-23-11-3-12-24-36)31-49-56-32-34-19-7-1-8-20-34/h1-31,40-43H,32-33H2/b49-31-/t40-,41+,42+,43-/m0/s1. The fraction of sp³-hybridized carbons (Fsp3) is 0.125. The molecule has 0 amide bonds. The van der Waals surface area contributed by atoms with E-state index in [9.17, 15) is 24.0 Å². The molecule has 0 unspecified atom stereocenters. The van der Waals surface area contributed by atoms with E-state index in [1.54, 1.807) is 91.0 Å². The highest BCUT2D eigenvalue weighted by atomic mass is 16.6. The number of hydrogen-bond acceptors (Lipinski definition) is 12. The molecule has 0 spiro atoms. The number of esters is 5. The van der Waals surface area contributed by atoms with Gasteiger partial charge in [0.1, 0.15) is 13.2 Å². The number of rotatable bonds is 18. The molecule has 0 aromatic heterocycles. The van der Waals surface area contributed by atoms with E-state index in [1.807, 2.05) is 30.3 Å². The third-order valence-corrected chi connectivity index (χ3v) is 8.78. The highest BCUT2D eigenvalue weighted by Gasteiger charge is 2.45. The largest absolute Gasteiger partial charge is 0.458 e. The number of ether oxygens (including phenoxy) is 5. The Labute approximate surface area is 345 Å². The van der Waals surface area contributed by atoms with Crippen LogP contribution in [0.15, 0.2) is 187 Å². The second kappa shape index (κ2) is 21.6. The third kappa shape index (κ3) is 12.1. The average molecular weight is 806 g/mol. The Balaban J connectivity index is 1.47. The van der Waals surface area contributed by atoms with Crippen LogP contribution in [0.1, 0.15) is 57.4 Å². The molecule has 0 radical (unpaired) electrons. The minimum absolute atomic E-state index is 0.00430. The van der Waals surface area contributed by atoms with Crippen molar-refractivity contribution in [3.8, 4) is 0 Å². The third-order valence-electron chi connectivity index (χ3n) is 8.78. The quantitative estimate of drug-likeness (QED) is 0.0360. The Morgan fingerprint density at radius 1 is 0.417 bits per heavy atom. The number of hydrogen-bond donors (Lipinski definition) is 0. The van der Waals surface area contributed by atoms with Gasteiger partial charge >= 0.3 is 29.8 Å². The van der Waals surface area contributed by atoms with Crippen LogP contribution in [0.3, 0.4) is 0 Å². The van der Waals surface area contributed by atoms with Crippen molar-refractivity contribution in [1.82, 2.24) is 0 Å². The van der Waals surface area contributed by atoms with Crippen molar-refractivity contribution >= 4 is 36.1 Å². The van der Waals surface area contributed by atoms with E-state index >= 15 is 0 Å². The van der Waals surface area contributed by atoms with Crippen LogP contribution in [0.25, 0.3) is 0 Å². The van der Waals surface area contributed by atoms with Gasteiger partial charge in [0.2, 0.25) is 0 Å². The van der Waals surface area contributed by atoms with Crippen molar-refractivity contribution in [3.63, 3.8) is 0 Å². The fourth-order valence-corrected chi connectivity index (χ4v) is 5.74. The average Bonchev–Trinajstić information content (AvgIpc) is 3.31. The molecule has 6 aromatic rings. The highest BCUT2D eigenvalue weighted by molar-refractivity contribution is 5.93. The van der Waals surface area contributed by atoms with Gasteiger partial charge in [-0.3, -0.25) is 0 Å². The molecule has 12 heteroatoms. The molecule has 0 heterocycles. The number of nitrogens with zero attached hydrogens (tertiary/aromatic N) is 1. The summed E-state index contributed by atoms with van der Waals surface area (Å²) in [7, 11) is 0. The molecule has 302 valence electrons. The zero-order valence-corrected chi connectivity index (χ0v) is 32.1. The number of benzene rings is 6. The first-order valence-corrected chi connectivity index (χ1v) is 18.8. The smallest absolute Gasteiger partial charge is 0.338 e. The van der Waals surface area contributed by atoms with Gasteiger partial charge in [0.15, 0.2) is 24.4 Å². The Morgan fingerprint density at radius 2 is 0.767 bits per heavy atom. The lowest BCUT2D eigenvalue weighted by molar-refractivity contribution is -0.120. The molecular weight excluding hydrogens is 767 g/mol. The Bertz CT molecular complexity index is 2330. The monoisotopic (exact) mass is 805 g/mol. The molecule has 0 fully saturated rings. The topological polar surface area (TPSA) is 153 Å². The fourth-order valence-electron chi connectivity index (χ4n) is 5.74. The summed E-state index contributed by atoms with van der Waals surface area (Å²) in [5.74, 6) is -4.46. The van der Waals surface area contributed by atoms with Crippen LogP contribution in [-0.4, -0.2) is 67.1 Å². The second-order valence-electron chi connectivity index (χ2n) is 13.0. The van der Waals surface area contributed by atoms with Gasteiger partial charge in [-0.25, -0.2) is 24.0 Å². The van der Waals surface area contributed by atoms with Crippen LogP contribution in [0.2, 0.25) is 0 Å². The van der Waals surface area contributed by atoms with Crippen LogP contribution in [0, 0.1) is 0 Å². The summed E-state index contributed by atoms with van der Waals surface area (Å²) in [5, 5.41) is 4.09. The van der Waals surface area contributed by atoms with Crippen molar-refractivity contribution in [1.29, 1.82) is 0 Å². The van der Waals surface area contributed by atoms with Gasteiger partial charge in [-0.05, 0) is 66.2 Å². The lowest BCUT2D eigenvalue weighted by atomic mass is 10.0. The summed E-state index contributed by atoms with van der Waals surface area (Å²) in [6.07, 6.45) is -6.02. The van der Waals surface area contributed by atoms with Gasteiger partial charge in [-0.2, -0.15) is 0 Å². The Hall–Kier alpha value is -7.86. The van der Waals surface area contributed by atoms with Crippen LogP contribution in [0.4, 0.5) is 0 Å². The number of carbonyl (C=O) groups is 5. The van der Waals surface area contributed by atoms with Crippen molar-refractivity contribution in [2.45, 2.75) is 31.0 Å². The Morgan fingerprint density at radius 3 is 1.20 bits per heavy atom. The normalized spacial score (nSPS) is 12.8. The van der Waals surface area contributed by atoms with Gasteiger partial charge in [-0.1, -0.05) is 126 Å². The SMILES string of the molecule is O=C(OC[C@@H](OC(=O)c1ccccc1)[C@H](OC(=O)c1ccccc1)[C@H](OC(=O)c1ccccc1)[C@H](/C=N\OCc1ccccc1)OC(=O)c1ccccc1)c1ccccc1. The van der Waals surface area contributed by atoms with Gasteiger partial charge in [0, 0.05) is 0 Å². The molecule has 12 nitrogen and oxygen atoms in total. The predicted molar refractivity (Wildman–Crippen MR) is 219 cm³/mol. The molecular formula is C48H39NO11. The Kier molecular flexibility index (Phi) is 15.0. The lowest BCUT2D eigenvalue weighted by Gasteiger charge is -2.34. The van der Waals surface area contributed by atoms with E-state index < -0.39 is 60.9 Å². The molecule has 60 heavy (non-hydrogen) atoms. The molecule has 0 aliphatic heterocycles. The van der Waals surface area contributed by atoms with Gasteiger partial charge in [0.25, 0.3) is 0 Å². The summed E-state index contributed by atoms with van der Waals surface area (Å²) < 4.78 is 30.0. The molecule has 6 rings (SSSR count). The van der Waals surface area contributed by atoms with E-state index in [4.69, 9.17) is 28.5 Å². The van der Waals surface area contributed by atoms with E-state index in [0.717, 1.165) is 11.8 Å². The molecule has 0 N–H and O–H groups in total. The zero-order chi connectivity index (χ0) is 41.9. The number of carbonyl (C=O) groups excluding carboxylic acids is 5. The molecule has 6 aromatic carbocycles. The molecule has 0 aliphatic carbocycles. The van der Waals surface area contributed by atoms with Gasteiger partial charge in [0.05, 0.1) is 34.0 Å². The van der Waals surface area contributed by atoms with Crippen LogP contribution in [0.5, 0.6) is 0 Å². The minimum Gasteiger partial charge on any atom is -0.458 e. The van der Waals surface area contributed by atoms with E-state index in [-0.39, 0.29) is 34.4 Å². The first kappa shape index (κ1) is 41.8. The molecule has 0 aliphatic rings. The second-order valence-corrected chi connectivity index (χ2v) is 13.0. The van der Waals surface area contributed by atoms with Gasteiger partial charge in [-0.15, -0.1) is 0 Å². The molecule has 0 saturated carbocycles. The first-order valence-electron chi connectivity index (χ1n) is 18.8. The zero-order valence-electron chi connectivity index (χ0n) is 32.1. The van der Waals surface area contributed by atoms with Crippen molar-refractivity contribution in [3.05, 3.63) is 215 Å². The van der Waals surface area contributed by atoms with Crippen LogP contribution >= 0.6 is 0 Å². The van der Waals surface area contributed by atoms with Crippen LogP contribution in [-0.2, 0) is 35.1 Å². The highest BCUT2D eigenvalue weighted by Crippen LogP contribution is 2.24. The van der Waals surface area contributed by atoms with E-state index in [0.29, 0.717) is 0 Å². The first-order chi connectivity index (χ1) is 29.4. The minimum atomic E-state index is -1.85. The van der Waals surface area contributed by atoms with Crippen molar-refractivity contribution in [2.24, 2.45) is 5.16 Å². The molecule has 0 saturated heterocycles. The maximum absolute atomic E-state index is 14.0. The van der Waals surface area contributed by atoms with E-state index in [2.05, 4.69) is 5.16 Å².